The third-order valence-corrected chi connectivity index (χ3v) is 3.62. The van der Waals surface area contributed by atoms with Gasteiger partial charge in [-0.25, -0.2) is 4.63 Å². The molecule has 0 radical (unpaired) electrons. The van der Waals surface area contributed by atoms with Crippen LogP contribution < -0.4 is 5.73 Å². The van der Waals surface area contributed by atoms with E-state index in [0.717, 1.165) is 22.2 Å². The van der Waals surface area contributed by atoms with Crippen LogP contribution in [0.15, 0.2) is 35.2 Å². The first-order valence-corrected chi connectivity index (χ1v) is 6.41. The summed E-state index contributed by atoms with van der Waals surface area (Å²) < 4.78 is 11.9. The molecule has 0 aliphatic carbocycles. The van der Waals surface area contributed by atoms with Crippen molar-refractivity contribution in [3.05, 3.63) is 30.6 Å². The standard InChI is InChI=1S/C13H13N5O2/c14-10-6-19-7-13(10)18-5-9(4-15-18)8-1-2-11-12(3-8)17-20-16-11/h1-5,10,13H,6-7,14H2/t10-,13+/m1/s1. The van der Waals surface area contributed by atoms with E-state index in [1.54, 1.807) is 0 Å². The van der Waals surface area contributed by atoms with Crippen LogP contribution in [0.5, 0.6) is 0 Å². The molecule has 7 heteroatoms. The summed E-state index contributed by atoms with van der Waals surface area (Å²) in [7, 11) is 0. The Labute approximate surface area is 114 Å². The van der Waals surface area contributed by atoms with E-state index in [1.165, 1.54) is 0 Å². The number of nitrogens with zero attached hydrogens (tertiary/aromatic N) is 4. The predicted octanol–water partition coefficient (Wildman–Crippen LogP) is 0.985. The molecule has 0 amide bonds. The zero-order chi connectivity index (χ0) is 13.5. The Balaban J connectivity index is 1.70. The van der Waals surface area contributed by atoms with E-state index in [4.69, 9.17) is 15.1 Å². The van der Waals surface area contributed by atoms with Crippen molar-refractivity contribution in [1.82, 2.24) is 20.1 Å². The Hall–Kier alpha value is -2.25. The number of ether oxygens (including phenoxy) is 1. The maximum atomic E-state index is 6.00. The highest BCUT2D eigenvalue weighted by Gasteiger charge is 2.27. The topological polar surface area (TPSA) is 92.0 Å². The van der Waals surface area contributed by atoms with E-state index in [9.17, 15) is 0 Å². The summed E-state index contributed by atoms with van der Waals surface area (Å²) in [6, 6.07) is 5.87. The maximum absolute atomic E-state index is 6.00. The van der Waals surface area contributed by atoms with Crippen LogP contribution in [0.2, 0.25) is 0 Å². The summed E-state index contributed by atoms with van der Waals surface area (Å²) in [6.07, 6.45) is 3.80. The fourth-order valence-corrected chi connectivity index (χ4v) is 2.46. The van der Waals surface area contributed by atoms with Gasteiger partial charge in [0.2, 0.25) is 0 Å². The molecule has 20 heavy (non-hydrogen) atoms. The van der Waals surface area contributed by atoms with Gasteiger partial charge >= 0.3 is 0 Å². The maximum Gasteiger partial charge on any atom is 0.135 e. The molecule has 1 aromatic carbocycles. The van der Waals surface area contributed by atoms with E-state index >= 15 is 0 Å². The number of aromatic nitrogens is 4. The molecule has 0 bridgehead atoms. The van der Waals surface area contributed by atoms with Crippen LogP contribution in [-0.2, 0) is 4.74 Å². The molecular formula is C13H13N5O2. The Bertz CT molecular complexity index is 750. The smallest absolute Gasteiger partial charge is 0.135 e. The van der Waals surface area contributed by atoms with E-state index < -0.39 is 0 Å². The minimum atomic E-state index is -0.00929. The second-order valence-electron chi connectivity index (χ2n) is 4.95. The molecule has 0 spiro atoms. The van der Waals surface area contributed by atoms with Gasteiger partial charge in [0, 0.05) is 11.8 Å². The van der Waals surface area contributed by atoms with Gasteiger partial charge in [-0.15, -0.1) is 0 Å². The molecule has 2 N–H and O–H groups in total. The fraction of sp³-hybridized carbons (Fsp3) is 0.308. The molecule has 1 saturated heterocycles. The van der Waals surface area contributed by atoms with Crippen molar-refractivity contribution in [2.45, 2.75) is 12.1 Å². The normalized spacial score (nSPS) is 22.6. The van der Waals surface area contributed by atoms with Gasteiger partial charge < -0.3 is 10.5 Å². The summed E-state index contributed by atoms with van der Waals surface area (Å²) in [5.41, 5.74) is 9.51. The summed E-state index contributed by atoms with van der Waals surface area (Å²) >= 11 is 0. The molecule has 3 aromatic rings. The number of fused-ring (bicyclic) bond motifs is 1. The molecule has 2 aromatic heterocycles. The second kappa shape index (κ2) is 4.39. The fourth-order valence-electron chi connectivity index (χ4n) is 2.46. The van der Waals surface area contributed by atoms with E-state index in [1.807, 2.05) is 35.3 Å². The molecule has 4 rings (SSSR count). The second-order valence-corrected chi connectivity index (χ2v) is 4.95. The molecule has 7 nitrogen and oxygen atoms in total. The minimum Gasteiger partial charge on any atom is -0.377 e. The highest BCUT2D eigenvalue weighted by atomic mass is 16.6. The van der Waals surface area contributed by atoms with Gasteiger partial charge in [0.1, 0.15) is 11.0 Å². The first kappa shape index (κ1) is 11.6. The van der Waals surface area contributed by atoms with E-state index in [2.05, 4.69) is 15.4 Å². The Morgan fingerprint density at radius 2 is 2.05 bits per heavy atom. The molecular weight excluding hydrogens is 258 g/mol. The summed E-state index contributed by atoms with van der Waals surface area (Å²) in [5.74, 6) is 0. The van der Waals surface area contributed by atoms with Crippen molar-refractivity contribution in [3.8, 4) is 11.1 Å². The number of hydrogen-bond donors (Lipinski definition) is 1. The number of hydrogen-bond acceptors (Lipinski definition) is 6. The summed E-state index contributed by atoms with van der Waals surface area (Å²) in [5, 5.41) is 12.0. The zero-order valence-corrected chi connectivity index (χ0v) is 10.6. The van der Waals surface area contributed by atoms with Gasteiger partial charge in [-0.2, -0.15) is 5.10 Å². The van der Waals surface area contributed by atoms with Crippen molar-refractivity contribution in [2.24, 2.45) is 5.73 Å². The lowest BCUT2D eigenvalue weighted by Crippen LogP contribution is -2.31. The highest BCUT2D eigenvalue weighted by molar-refractivity contribution is 5.80. The lowest BCUT2D eigenvalue weighted by Gasteiger charge is -2.12. The van der Waals surface area contributed by atoms with Crippen LogP contribution in [0, 0.1) is 0 Å². The van der Waals surface area contributed by atoms with Crippen molar-refractivity contribution < 1.29 is 9.37 Å². The largest absolute Gasteiger partial charge is 0.377 e. The molecule has 0 unspecified atom stereocenters. The number of nitrogens with two attached hydrogens (primary N) is 1. The van der Waals surface area contributed by atoms with E-state index in [-0.39, 0.29) is 12.1 Å². The lowest BCUT2D eigenvalue weighted by molar-refractivity contribution is 0.183. The van der Waals surface area contributed by atoms with Gasteiger partial charge in [-0.1, -0.05) is 6.07 Å². The molecule has 3 heterocycles. The lowest BCUT2D eigenvalue weighted by atomic mass is 10.1. The highest BCUT2D eigenvalue weighted by Crippen LogP contribution is 2.25. The van der Waals surface area contributed by atoms with Gasteiger partial charge in [-0.3, -0.25) is 4.68 Å². The molecule has 1 fully saturated rings. The molecule has 1 aliphatic rings. The van der Waals surface area contributed by atoms with Gasteiger partial charge in [0.15, 0.2) is 0 Å². The number of benzene rings is 1. The van der Waals surface area contributed by atoms with Crippen LogP contribution >= 0.6 is 0 Å². The van der Waals surface area contributed by atoms with Crippen LogP contribution in [0.4, 0.5) is 0 Å². The van der Waals surface area contributed by atoms with Crippen molar-refractivity contribution >= 4 is 11.0 Å². The van der Waals surface area contributed by atoms with Crippen LogP contribution in [0.3, 0.4) is 0 Å². The first-order chi connectivity index (χ1) is 9.81. The van der Waals surface area contributed by atoms with Gasteiger partial charge in [0.05, 0.1) is 31.5 Å². The molecule has 1 aliphatic heterocycles. The van der Waals surface area contributed by atoms with Gasteiger partial charge in [-0.05, 0) is 28.0 Å². The third-order valence-electron chi connectivity index (χ3n) is 3.62. The first-order valence-electron chi connectivity index (χ1n) is 6.41. The Morgan fingerprint density at radius 3 is 2.90 bits per heavy atom. The summed E-state index contributed by atoms with van der Waals surface area (Å²) in [4.78, 5) is 0. The average molecular weight is 271 g/mol. The Morgan fingerprint density at radius 1 is 1.15 bits per heavy atom. The van der Waals surface area contributed by atoms with Crippen molar-refractivity contribution in [1.29, 1.82) is 0 Å². The summed E-state index contributed by atoms with van der Waals surface area (Å²) in [6.45, 7) is 1.19. The van der Waals surface area contributed by atoms with Crippen molar-refractivity contribution in [3.63, 3.8) is 0 Å². The van der Waals surface area contributed by atoms with Crippen molar-refractivity contribution in [2.75, 3.05) is 13.2 Å². The predicted molar refractivity (Wildman–Crippen MR) is 70.9 cm³/mol. The molecule has 0 saturated carbocycles. The van der Waals surface area contributed by atoms with E-state index in [0.29, 0.717) is 13.2 Å². The molecule has 2 atom stereocenters. The van der Waals surface area contributed by atoms with Crippen LogP contribution in [-0.4, -0.2) is 39.3 Å². The average Bonchev–Trinajstić information content (AvgIpc) is 3.17. The van der Waals surface area contributed by atoms with Gasteiger partial charge in [0.25, 0.3) is 0 Å². The van der Waals surface area contributed by atoms with Crippen LogP contribution in [0.1, 0.15) is 6.04 Å². The SMILES string of the molecule is N[C@@H]1COC[C@@H]1n1cc(-c2ccc3nonc3c2)cn1. The number of rotatable bonds is 2. The molecule has 102 valence electrons. The minimum absolute atomic E-state index is 0.00929. The Kier molecular flexibility index (Phi) is 2.54. The van der Waals surface area contributed by atoms with Crippen LogP contribution in [0.25, 0.3) is 22.2 Å². The third kappa shape index (κ3) is 1.79. The zero-order valence-electron chi connectivity index (χ0n) is 10.6. The quantitative estimate of drug-likeness (QED) is 0.747. The monoisotopic (exact) mass is 271 g/mol.